The van der Waals surface area contributed by atoms with Crippen LogP contribution in [0.1, 0.15) is 32.5 Å². The summed E-state index contributed by atoms with van der Waals surface area (Å²) in [5.41, 5.74) is 4.26. The summed E-state index contributed by atoms with van der Waals surface area (Å²) in [7, 11) is 1.02. The second kappa shape index (κ2) is 11.3. The molecule has 1 aliphatic rings. The smallest absolute Gasteiger partial charge is 0.255 e. The van der Waals surface area contributed by atoms with Gasteiger partial charge in [-0.2, -0.15) is 0 Å². The molecule has 37 heavy (non-hydrogen) atoms. The van der Waals surface area contributed by atoms with Crippen LogP contribution in [0, 0.1) is 6.92 Å². The molecule has 0 saturated carbocycles. The van der Waals surface area contributed by atoms with Crippen molar-refractivity contribution in [2.24, 2.45) is 0 Å². The van der Waals surface area contributed by atoms with Gasteiger partial charge in [-0.25, -0.2) is 9.97 Å². The van der Waals surface area contributed by atoms with Crippen molar-refractivity contribution in [1.82, 2.24) is 24.8 Å². The Morgan fingerprint density at radius 2 is 1.84 bits per heavy atom. The monoisotopic (exact) mass is 501 g/mol. The third-order valence-corrected chi connectivity index (χ3v) is 5.62. The van der Waals surface area contributed by atoms with Crippen molar-refractivity contribution >= 4 is 23.2 Å². The highest BCUT2D eigenvalue weighted by Gasteiger charge is 2.14. The van der Waals surface area contributed by atoms with E-state index in [1.807, 2.05) is 25.1 Å². The zero-order valence-electron chi connectivity index (χ0n) is 28.4. The minimum atomic E-state index is -2.88. The Balaban J connectivity index is 1.30. The summed E-state index contributed by atoms with van der Waals surface area (Å²) < 4.78 is 66.3. The van der Waals surface area contributed by atoms with Gasteiger partial charge in [0.1, 0.15) is 0 Å². The van der Waals surface area contributed by atoms with Crippen molar-refractivity contribution < 1.29 is 15.8 Å². The van der Waals surface area contributed by atoms with E-state index in [0.29, 0.717) is 38.4 Å². The van der Waals surface area contributed by atoms with E-state index in [2.05, 4.69) is 25.6 Å². The second-order valence-electron chi connectivity index (χ2n) is 8.41. The number of aromatic nitrogens is 3. The molecule has 8 nitrogen and oxygen atoms in total. The molecule has 0 bridgehead atoms. The van der Waals surface area contributed by atoms with Gasteiger partial charge in [0.15, 0.2) is 0 Å². The lowest BCUT2D eigenvalue weighted by Gasteiger charge is -2.32. The first-order valence-corrected chi connectivity index (χ1v) is 11.6. The molecule has 5 rings (SSSR count). The second-order valence-corrected chi connectivity index (χ2v) is 8.41. The van der Waals surface area contributed by atoms with E-state index in [9.17, 15) is 4.79 Å². The third-order valence-electron chi connectivity index (χ3n) is 5.62. The standard InChI is InChI=1S/C29H31N7O/c1-21-5-10-25(18-27(21)34-29-31-13-11-26(33-29)24-4-3-12-30-19-24)32-28(37)23-8-6-22(7-9-23)20-36-16-14-35(2)15-17-36/h3-13,18-19H,14-17,20H2,1-2H3,(H,32,37)(H,31,33,34)/i14D2,15D2,16D2,17D2. The number of nitrogens with one attached hydrogen (secondary N) is 2. The quantitative estimate of drug-likeness (QED) is 0.383. The van der Waals surface area contributed by atoms with Gasteiger partial charge in [-0.15, -0.1) is 0 Å². The van der Waals surface area contributed by atoms with Crippen LogP contribution in [0.2, 0.25) is 0 Å². The van der Waals surface area contributed by atoms with Crippen LogP contribution in [0.15, 0.2) is 79.3 Å². The normalized spacial score (nSPS) is 23.0. The molecule has 1 amide bonds. The van der Waals surface area contributed by atoms with Crippen LogP contribution in [0.25, 0.3) is 11.3 Å². The van der Waals surface area contributed by atoms with Crippen molar-refractivity contribution in [3.63, 3.8) is 0 Å². The molecule has 4 aromatic rings. The van der Waals surface area contributed by atoms with Gasteiger partial charge >= 0.3 is 0 Å². The Morgan fingerprint density at radius 3 is 2.59 bits per heavy atom. The summed E-state index contributed by atoms with van der Waals surface area (Å²) in [5, 5.41) is 6.03. The lowest BCUT2D eigenvalue weighted by Crippen LogP contribution is -2.43. The van der Waals surface area contributed by atoms with E-state index in [0.717, 1.165) is 18.2 Å². The van der Waals surface area contributed by atoms with Crippen molar-refractivity contribution in [3.05, 3.63) is 95.9 Å². The number of piperazine rings is 1. The largest absolute Gasteiger partial charge is 0.324 e. The highest BCUT2D eigenvalue weighted by atomic mass is 16.1. The van der Waals surface area contributed by atoms with Crippen molar-refractivity contribution in [2.75, 3.05) is 43.7 Å². The van der Waals surface area contributed by atoms with Gasteiger partial charge in [-0.05, 0) is 67.6 Å². The molecule has 1 aliphatic heterocycles. The van der Waals surface area contributed by atoms with Crippen LogP contribution in [0.4, 0.5) is 17.3 Å². The first kappa shape index (κ1) is 16.6. The van der Waals surface area contributed by atoms with Gasteiger partial charge < -0.3 is 15.5 Å². The molecule has 1 fully saturated rings. The van der Waals surface area contributed by atoms with Crippen LogP contribution in [-0.2, 0) is 6.54 Å². The lowest BCUT2D eigenvalue weighted by molar-refractivity contribution is 0.102. The molecule has 0 radical (unpaired) electrons. The van der Waals surface area contributed by atoms with Crippen LogP contribution in [-0.4, -0.2) is 63.7 Å². The molecule has 3 heterocycles. The Kier molecular flexibility index (Phi) is 5.05. The van der Waals surface area contributed by atoms with Crippen molar-refractivity contribution in [1.29, 1.82) is 0 Å². The number of aryl methyl sites for hydroxylation is 1. The lowest BCUT2D eigenvalue weighted by atomic mass is 10.1. The number of carbonyl (C=O) groups excluding carboxylic acids is 1. The van der Waals surface area contributed by atoms with Gasteiger partial charge in [0.25, 0.3) is 5.91 Å². The van der Waals surface area contributed by atoms with Crippen molar-refractivity contribution in [2.45, 2.75) is 13.5 Å². The molecular weight excluding hydrogens is 462 g/mol. The summed E-state index contributed by atoms with van der Waals surface area (Å²) in [5.74, 6) is -0.0575. The molecule has 2 N–H and O–H groups in total. The summed E-state index contributed by atoms with van der Waals surface area (Å²) >= 11 is 0. The molecular formula is C29H31N7O. The summed E-state index contributed by atoms with van der Waals surface area (Å²) in [6.07, 6.45) is 5.03. The van der Waals surface area contributed by atoms with Gasteiger partial charge in [0.2, 0.25) is 5.95 Å². The van der Waals surface area contributed by atoms with Gasteiger partial charge in [0, 0.05) is 84.6 Å². The number of rotatable bonds is 7. The Bertz CT molecular complexity index is 1680. The van der Waals surface area contributed by atoms with E-state index in [4.69, 9.17) is 11.0 Å². The van der Waals surface area contributed by atoms with E-state index in [-0.39, 0.29) is 5.56 Å². The number of pyridine rings is 1. The molecule has 0 spiro atoms. The highest BCUT2D eigenvalue weighted by Crippen LogP contribution is 2.24. The SMILES string of the molecule is [2H]C1([2H])N(C)C([2H])([2H])C([2H])([2H])N(Cc2ccc(C(=O)Nc3ccc(C)c(Nc4nccc(-c5cccnc5)n4)c3)cc2)C1([2H])[2H]. The maximum absolute atomic E-state index is 13.1. The number of carbonyl (C=O) groups is 1. The van der Waals surface area contributed by atoms with Crippen LogP contribution in [0.5, 0.6) is 0 Å². The van der Waals surface area contributed by atoms with E-state index >= 15 is 0 Å². The molecule has 188 valence electrons. The Morgan fingerprint density at radius 1 is 1.03 bits per heavy atom. The zero-order chi connectivity index (χ0) is 32.8. The predicted octanol–water partition coefficient (Wildman–Crippen LogP) is 4.59. The number of hydrogen-bond donors (Lipinski definition) is 2. The summed E-state index contributed by atoms with van der Waals surface area (Å²) in [6, 6.07) is 16.8. The van der Waals surface area contributed by atoms with E-state index < -0.39 is 38.4 Å². The molecule has 0 unspecified atom stereocenters. The minimum Gasteiger partial charge on any atom is -0.324 e. The Labute approximate surface area is 228 Å². The predicted molar refractivity (Wildman–Crippen MR) is 147 cm³/mol. The summed E-state index contributed by atoms with van der Waals surface area (Å²) in [4.78, 5) is 27.1. The number of amides is 1. The van der Waals surface area contributed by atoms with Gasteiger partial charge in [-0.3, -0.25) is 14.7 Å². The maximum Gasteiger partial charge on any atom is 0.255 e. The van der Waals surface area contributed by atoms with E-state index in [1.54, 1.807) is 36.8 Å². The summed E-state index contributed by atoms with van der Waals surface area (Å²) in [6.45, 7) is -9.97. The third kappa shape index (κ3) is 6.35. The fourth-order valence-electron chi connectivity index (χ4n) is 3.60. The molecule has 0 aliphatic carbocycles. The van der Waals surface area contributed by atoms with Crippen molar-refractivity contribution in [3.8, 4) is 11.3 Å². The first-order chi connectivity index (χ1) is 21.1. The minimum absolute atomic E-state index is 0.274. The number of hydrogen-bond acceptors (Lipinski definition) is 7. The highest BCUT2D eigenvalue weighted by molar-refractivity contribution is 6.04. The molecule has 2 aromatic heterocycles. The van der Waals surface area contributed by atoms with Crippen LogP contribution < -0.4 is 10.6 Å². The first-order valence-electron chi connectivity index (χ1n) is 15.6. The molecule has 8 heteroatoms. The topological polar surface area (TPSA) is 86.3 Å². The molecule has 2 aromatic carbocycles. The number of nitrogens with zero attached hydrogens (tertiary/aromatic N) is 5. The van der Waals surface area contributed by atoms with Crippen LogP contribution in [0.3, 0.4) is 0 Å². The zero-order valence-corrected chi connectivity index (χ0v) is 20.4. The number of anilines is 3. The fourth-order valence-corrected chi connectivity index (χ4v) is 3.60. The molecule has 1 saturated heterocycles. The average molecular weight is 502 g/mol. The number of likely N-dealkylation sites (N-methyl/N-ethyl adjacent to an activating group) is 1. The Hall–Kier alpha value is -4.14. The van der Waals surface area contributed by atoms with Gasteiger partial charge in [0.05, 0.1) is 5.69 Å². The van der Waals surface area contributed by atoms with Crippen LogP contribution >= 0.6 is 0 Å². The average Bonchev–Trinajstić information content (AvgIpc) is 3.01. The molecule has 0 atom stereocenters. The van der Waals surface area contributed by atoms with E-state index in [1.165, 1.54) is 24.3 Å². The fraction of sp³-hybridized carbons (Fsp3) is 0.241. The number of benzene rings is 2. The maximum atomic E-state index is 13.1. The van der Waals surface area contributed by atoms with Gasteiger partial charge in [-0.1, -0.05) is 18.2 Å².